The number of aliphatic hydroxyl groups excluding tert-OH is 1. The fourth-order valence-corrected chi connectivity index (χ4v) is 6.38. The number of fused-ring (bicyclic) bond motifs is 4. The molecular formula is C32H30O11. The zero-order valence-electron chi connectivity index (χ0n) is 23.8. The lowest BCUT2D eigenvalue weighted by Gasteiger charge is -2.28. The van der Waals surface area contributed by atoms with E-state index in [1.54, 1.807) is 26.0 Å². The quantitative estimate of drug-likeness (QED) is 0.208. The minimum absolute atomic E-state index is 0.0351. The van der Waals surface area contributed by atoms with Crippen molar-refractivity contribution in [2.24, 2.45) is 0 Å². The third-order valence-electron chi connectivity index (χ3n) is 8.08. The molecule has 0 bridgehead atoms. The van der Waals surface area contributed by atoms with Crippen LogP contribution in [0, 0.1) is 0 Å². The third-order valence-corrected chi connectivity index (χ3v) is 8.08. The first-order valence-electron chi connectivity index (χ1n) is 13.7. The van der Waals surface area contributed by atoms with E-state index in [1.807, 2.05) is 0 Å². The van der Waals surface area contributed by atoms with Crippen molar-refractivity contribution >= 4 is 33.5 Å². The van der Waals surface area contributed by atoms with Crippen molar-refractivity contribution in [3.8, 4) is 45.6 Å². The molecule has 43 heavy (non-hydrogen) atoms. The molecule has 0 saturated heterocycles. The molecule has 0 unspecified atom stereocenters. The van der Waals surface area contributed by atoms with Crippen LogP contribution >= 0.6 is 0 Å². The van der Waals surface area contributed by atoms with Gasteiger partial charge in [-0.25, -0.2) is 9.59 Å². The lowest BCUT2D eigenvalue weighted by molar-refractivity contribution is 0.0120. The van der Waals surface area contributed by atoms with Crippen LogP contribution in [0.4, 0.5) is 0 Å². The molecule has 0 spiro atoms. The van der Waals surface area contributed by atoms with E-state index in [0.717, 1.165) is 0 Å². The molecule has 0 fully saturated rings. The van der Waals surface area contributed by atoms with Crippen molar-refractivity contribution in [3.05, 3.63) is 46.5 Å². The van der Waals surface area contributed by atoms with E-state index in [-0.39, 0.29) is 63.1 Å². The number of phenols is 4. The van der Waals surface area contributed by atoms with Gasteiger partial charge in [0.25, 0.3) is 0 Å². The molecule has 11 heteroatoms. The molecule has 0 saturated carbocycles. The second kappa shape index (κ2) is 10.1. The number of carbonyl (C=O) groups is 2. The maximum Gasteiger partial charge on any atom is 0.342 e. The van der Waals surface area contributed by atoms with Crippen molar-refractivity contribution in [3.63, 3.8) is 0 Å². The number of benzene rings is 4. The number of esters is 2. The average molecular weight is 591 g/mol. The number of hydrogen-bond acceptors (Lipinski definition) is 11. The molecule has 224 valence electrons. The minimum Gasteiger partial charge on any atom is -0.507 e. The molecule has 3 atom stereocenters. The Morgan fingerprint density at radius 3 is 1.70 bits per heavy atom. The highest BCUT2D eigenvalue weighted by Gasteiger charge is 2.35. The summed E-state index contributed by atoms with van der Waals surface area (Å²) in [5.41, 5.74) is 1.44. The number of ether oxygens (including phenoxy) is 4. The second-order valence-corrected chi connectivity index (χ2v) is 11.0. The van der Waals surface area contributed by atoms with Gasteiger partial charge in [-0.15, -0.1) is 0 Å². The highest BCUT2D eigenvalue weighted by Crippen LogP contribution is 2.54. The fourth-order valence-electron chi connectivity index (χ4n) is 6.38. The lowest BCUT2D eigenvalue weighted by atomic mass is 9.85. The first-order valence-corrected chi connectivity index (χ1v) is 13.7. The molecule has 0 aliphatic carbocycles. The van der Waals surface area contributed by atoms with Gasteiger partial charge in [-0.2, -0.15) is 0 Å². The predicted octanol–water partition coefficient (Wildman–Crippen LogP) is 4.45. The van der Waals surface area contributed by atoms with Crippen LogP contribution in [0.1, 0.15) is 52.1 Å². The van der Waals surface area contributed by atoms with E-state index in [1.165, 1.54) is 26.4 Å². The van der Waals surface area contributed by atoms with E-state index < -0.39 is 41.7 Å². The van der Waals surface area contributed by atoms with E-state index in [0.29, 0.717) is 34.1 Å². The van der Waals surface area contributed by atoms with Crippen molar-refractivity contribution in [2.75, 3.05) is 14.2 Å². The Morgan fingerprint density at radius 1 is 0.767 bits per heavy atom. The topological polar surface area (TPSA) is 172 Å². The van der Waals surface area contributed by atoms with Crippen LogP contribution < -0.4 is 9.47 Å². The largest absolute Gasteiger partial charge is 0.507 e. The van der Waals surface area contributed by atoms with Crippen molar-refractivity contribution in [1.29, 1.82) is 0 Å². The van der Waals surface area contributed by atoms with Crippen LogP contribution in [0.2, 0.25) is 0 Å². The molecule has 0 amide bonds. The summed E-state index contributed by atoms with van der Waals surface area (Å²) in [6, 6.07) is 5.88. The number of phenolic OH excluding ortho intramolecular Hbond substituents is 4. The van der Waals surface area contributed by atoms with E-state index in [4.69, 9.17) is 18.9 Å². The number of cyclic esters (lactones) is 2. The normalized spacial score (nSPS) is 18.5. The molecule has 2 heterocycles. The molecule has 0 aromatic heterocycles. The molecule has 11 nitrogen and oxygen atoms in total. The van der Waals surface area contributed by atoms with Crippen molar-refractivity contribution in [1.82, 2.24) is 0 Å². The standard InChI is InChI=1S/C32H30O11/c1-12(33)5-16-7-15-9-18-26(30(37)24(15)32(39)43-16)20(35)11-22(41-4)28(18)27-17-8-14-6-13(2)42-31(38)23(14)29(36)25(17)19(34)10-21(27)40-3/h8-13,16,33-37H,5-7H2,1-4H3/t12-,13+,16+/m1/s1. The van der Waals surface area contributed by atoms with Gasteiger partial charge in [-0.1, -0.05) is 0 Å². The molecule has 2 aliphatic heterocycles. The summed E-state index contributed by atoms with van der Waals surface area (Å²) in [6.07, 6.45) is -1.16. The van der Waals surface area contributed by atoms with Crippen LogP contribution in [0.3, 0.4) is 0 Å². The van der Waals surface area contributed by atoms with E-state index in [2.05, 4.69) is 0 Å². The Bertz CT molecular complexity index is 1860. The number of aromatic hydroxyl groups is 4. The van der Waals surface area contributed by atoms with Crippen LogP contribution in [0.15, 0.2) is 24.3 Å². The van der Waals surface area contributed by atoms with Crippen molar-refractivity contribution in [2.45, 2.75) is 51.4 Å². The summed E-state index contributed by atoms with van der Waals surface area (Å²) in [7, 11) is 2.79. The van der Waals surface area contributed by atoms with Gasteiger partial charge in [0.05, 0.1) is 31.1 Å². The van der Waals surface area contributed by atoms with E-state index >= 15 is 0 Å². The molecular weight excluding hydrogens is 560 g/mol. The Labute approximate surface area is 245 Å². The van der Waals surface area contributed by atoms with Gasteiger partial charge < -0.3 is 44.5 Å². The molecule has 2 aliphatic rings. The van der Waals surface area contributed by atoms with Crippen LogP contribution in [0.25, 0.3) is 32.7 Å². The number of rotatable bonds is 5. The third kappa shape index (κ3) is 4.30. The van der Waals surface area contributed by atoms with Gasteiger partial charge in [-0.3, -0.25) is 0 Å². The zero-order chi connectivity index (χ0) is 30.9. The summed E-state index contributed by atoms with van der Waals surface area (Å²) >= 11 is 0. The van der Waals surface area contributed by atoms with Gasteiger partial charge in [0, 0.05) is 53.3 Å². The highest BCUT2D eigenvalue weighted by atomic mass is 16.5. The summed E-state index contributed by atoms with van der Waals surface area (Å²) in [4.78, 5) is 25.7. The lowest BCUT2D eigenvalue weighted by Crippen LogP contribution is -2.30. The summed E-state index contributed by atoms with van der Waals surface area (Å²) < 4.78 is 22.2. The van der Waals surface area contributed by atoms with Crippen LogP contribution in [-0.4, -0.2) is 70.0 Å². The summed E-state index contributed by atoms with van der Waals surface area (Å²) in [5, 5.41) is 55.2. The average Bonchev–Trinajstić information content (AvgIpc) is 2.91. The first kappa shape index (κ1) is 28.2. The van der Waals surface area contributed by atoms with Gasteiger partial charge in [-0.05, 0) is 37.1 Å². The number of carbonyl (C=O) groups excluding carboxylic acids is 2. The number of aliphatic hydroxyl groups is 1. The first-order chi connectivity index (χ1) is 20.4. The van der Waals surface area contributed by atoms with E-state index in [9.17, 15) is 35.1 Å². The molecule has 6 rings (SSSR count). The summed E-state index contributed by atoms with van der Waals surface area (Å²) in [5.74, 6) is -2.84. The Hall–Kier alpha value is -4.90. The Morgan fingerprint density at radius 2 is 1.23 bits per heavy atom. The molecule has 0 radical (unpaired) electrons. The molecule has 4 aromatic rings. The molecule has 4 aromatic carbocycles. The minimum atomic E-state index is -0.784. The zero-order valence-corrected chi connectivity index (χ0v) is 23.8. The van der Waals surface area contributed by atoms with Gasteiger partial charge in [0.15, 0.2) is 0 Å². The smallest absolute Gasteiger partial charge is 0.342 e. The Balaban J connectivity index is 1.75. The van der Waals surface area contributed by atoms with Gasteiger partial charge >= 0.3 is 11.9 Å². The molecule has 5 N–H and O–H groups in total. The number of hydrogen-bond donors (Lipinski definition) is 5. The maximum atomic E-state index is 13.0. The maximum absolute atomic E-state index is 13.0. The fraction of sp³-hybridized carbons (Fsp3) is 0.312. The SMILES string of the molecule is COc1cc(O)c2c(O)c3c(cc2c1-c1c(OC)cc(O)c2c(O)c4c(cc12)C[C@H](C)OC4=O)C[C@H](C[C@@H](C)O)OC3=O. The van der Waals surface area contributed by atoms with Gasteiger partial charge in [0.2, 0.25) is 0 Å². The predicted molar refractivity (Wildman–Crippen MR) is 154 cm³/mol. The second-order valence-electron chi connectivity index (χ2n) is 11.0. The Kier molecular flexibility index (Phi) is 6.65. The van der Waals surface area contributed by atoms with Crippen LogP contribution in [-0.2, 0) is 22.3 Å². The summed E-state index contributed by atoms with van der Waals surface area (Å²) in [6.45, 7) is 3.31. The number of methoxy groups -OCH3 is 2. The van der Waals surface area contributed by atoms with Gasteiger partial charge in [0.1, 0.15) is 57.8 Å². The van der Waals surface area contributed by atoms with Crippen molar-refractivity contribution < 1.29 is 54.1 Å². The van der Waals surface area contributed by atoms with Crippen LogP contribution in [0.5, 0.6) is 34.5 Å². The monoisotopic (exact) mass is 590 g/mol. The highest BCUT2D eigenvalue weighted by molar-refractivity contribution is 6.18.